The van der Waals surface area contributed by atoms with Crippen LogP contribution in [0.4, 0.5) is 17.6 Å². The Kier molecular flexibility index (Phi) is 7.10. The van der Waals surface area contributed by atoms with E-state index >= 15 is 0 Å². The van der Waals surface area contributed by atoms with Gasteiger partial charge in [-0.3, -0.25) is 13.9 Å². The molecule has 1 amide bonds. The van der Waals surface area contributed by atoms with Gasteiger partial charge in [-0.25, -0.2) is 22.0 Å². The summed E-state index contributed by atoms with van der Waals surface area (Å²) in [4.78, 5) is 26.4. The third-order valence-electron chi connectivity index (χ3n) is 6.55. The smallest absolute Gasteiger partial charge is 0.387 e. The molecule has 8 nitrogen and oxygen atoms in total. The van der Waals surface area contributed by atoms with Crippen LogP contribution in [0.25, 0.3) is 16.7 Å². The third kappa shape index (κ3) is 5.50. The largest absolute Gasteiger partial charge is 0.435 e. The van der Waals surface area contributed by atoms with Crippen molar-refractivity contribution >= 4 is 26.8 Å². The summed E-state index contributed by atoms with van der Waals surface area (Å²) < 4.78 is 82.7. The van der Waals surface area contributed by atoms with E-state index in [0.29, 0.717) is 0 Å². The summed E-state index contributed by atoms with van der Waals surface area (Å²) in [5.41, 5.74) is -1.20. The normalized spacial score (nSPS) is 17.7. The summed E-state index contributed by atoms with van der Waals surface area (Å²) in [5, 5.41) is 2.83. The number of nitrogens with one attached hydrogen (secondary N) is 1. The number of amides is 1. The van der Waals surface area contributed by atoms with Gasteiger partial charge >= 0.3 is 12.3 Å². The van der Waals surface area contributed by atoms with Gasteiger partial charge in [-0.15, -0.1) is 0 Å². The topological polar surface area (TPSA) is 99.4 Å². The highest BCUT2D eigenvalue weighted by molar-refractivity contribution is 7.91. The number of aromatic nitrogens is 2. The van der Waals surface area contributed by atoms with Gasteiger partial charge in [0.2, 0.25) is 0 Å². The van der Waals surface area contributed by atoms with E-state index in [-0.39, 0.29) is 52.4 Å². The lowest BCUT2D eigenvalue weighted by Gasteiger charge is -2.34. The number of alkyl halides is 4. The Hall–Kier alpha value is -3.35. The molecule has 0 spiro atoms. The molecule has 1 atom stereocenters. The van der Waals surface area contributed by atoms with Crippen LogP contribution in [0.3, 0.4) is 0 Å². The second-order valence-electron chi connectivity index (χ2n) is 9.31. The van der Waals surface area contributed by atoms with Crippen LogP contribution >= 0.6 is 0 Å². The second-order valence-corrected chi connectivity index (χ2v) is 11.6. The number of benzene rings is 2. The molecule has 2 aromatic carbocycles. The van der Waals surface area contributed by atoms with Crippen molar-refractivity contribution in [1.29, 1.82) is 0 Å². The number of hydrogen-bond acceptors (Lipinski definition) is 5. The van der Waals surface area contributed by atoms with Crippen LogP contribution in [0.1, 0.15) is 43.1 Å². The van der Waals surface area contributed by atoms with Gasteiger partial charge in [0.05, 0.1) is 34.3 Å². The van der Waals surface area contributed by atoms with E-state index in [2.05, 4.69) is 10.1 Å². The van der Waals surface area contributed by atoms with Crippen molar-refractivity contribution in [2.45, 2.75) is 51.3 Å². The maximum atomic E-state index is 13.7. The van der Waals surface area contributed by atoms with Crippen LogP contribution < -0.4 is 15.7 Å². The van der Waals surface area contributed by atoms with Crippen LogP contribution in [0.15, 0.2) is 47.3 Å². The van der Waals surface area contributed by atoms with Crippen LogP contribution in [-0.4, -0.2) is 53.5 Å². The number of rotatable bonds is 7. The SMILES string of the molecule is CC(C(F)F)n1c(=O)n(-c2cccc(OC(F)F)c2)c2ccc(C(=O)NC3(C)CCS(=O)(=O)CC3)cc21. The number of sulfone groups is 1. The number of carbonyl (C=O) groups is 1. The van der Waals surface area contributed by atoms with Crippen molar-refractivity contribution < 1.29 is 35.5 Å². The fourth-order valence-corrected chi connectivity index (χ4v) is 6.10. The molecule has 1 aromatic heterocycles. The molecule has 0 radical (unpaired) electrons. The molecule has 13 heteroatoms. The molecule has 1 aliphatic heterocycles. The summed E-state index contributed by atoms with van der Waals surface area (Å²) >= 11 is 0. The highest BCUT2D eigenvalue weighted by Crippen LogP contribution is 2.28. The second kappa shape index (κ2) is 9.84. The lowest BCUT2D eigenvalue weighted by molar-refractivity contribution is -0.0498. The molecule has 1 aliphatic rings. The molecular weight excluding hydrogens is 518 g/mol. The Bertz CT molecular complexity index is 1490. The Morgan fingerprint density at radius 1 is 1.05 bits per heavy atom. The van der Waals surface area contributed by atoms with E-state index < -0.39 is 46.1 Å². The lowest BCUT2D eigenvalue weighted by atomic mass is 9.94. The van der Waals surface area contributed by atoms with Crippen molar-refractivity contribution in [2.24, 2.45) is 0 Å². The Morgan fingerprint density at radius 2 is 1.73 bits per heavy atom. The first-order valence-electron chi connectivity index (χ1n) is 11.4. The Balaban J connectivity index is 1.78. The molecule has 200 valence electrons. The molecular formula is C24H25F4N3O5S. The fraction of sp³-hybridized carbons (Fsp3) is 0.417. The molecule has 0 bridgehead atoms. The van der Waals surface area contributed by atoms with Gasteiger partial charge in [-0.05, 0) is 57.0 Å². The van der Waals surface area contributed by atoms with Crippen LogP contribution in [0, 0.1) is 0 Å². The fourth-order valence-electron chi connectivity index (χ4n) is 4.37. The number of carbonyl (C=O) groups excluding carboxylic acids is 1. The maximum absolute atomic E-state index is 13.7. The summed E-state index contributed by atoms with van der Waals surface area (Å²) in [5.74, 6) is -0.898. The number of hydrogen-bond donors (Lipinski definition) is 1. The van der Waals surface area contributed by atoms with E-state index in [9.17, 15) is 35.6 Å². The summed E-state index contributed by atoms with van der Waals surface area (Å²) in [6.07, 6.45) is -2.46. The maximum Gasteiger partial charge on any atom is 0.387 e. The zero-order chi connectivity index (χ0) is 27.1. The quantitative estimate of drug-likeness (QED) is 0.456. The molecule has 1 N–H and O–H groups in total. The average Bonchev–Trinajstić information content (AvgIpc) is 3.11. The van der Waals surface area contributed by atoms with Gasteiger partial charge in [-0.1, -0.05) is 6.07 Å². The molecule has 0 aliphatic carbocycles. The minimum atomic E-state index is -3.16. The van der Waals surface area contributed by atoms with Gasteiger partial charge in [0.25, 0.3) is 12.3 Å². The highest BCUT2D eigenvalue weighted by Gasteiger charge is 2.35. The third-order valence-corrected chi connectivity index (χ3v) is 8.21. The molecule has 37 heavy (non-hydrogen) atoms. The summed E-state index contributed by atoms with van der Waals surface area (Å²) in [7, 11) is -3.16. The van der Waals surface area contributed by atoms with Crippen molar-refractivity contribution in [3.8, 4) is 11.4 Å². The van der Waals surface area contributed by atoms with E-state index in [1.54, 1.807) is 6.92 Å². The molecule has 4 rings (SSSR count). The molecule has 0 saturated carbocycles. The molecule has 1 saturated heterocycles. The van der Waals surface area contributed by atoms with Crippen LogP contribution in [-0.2, 0) is 9.84 Å². The summed E-state index contributed by atoms with van der Waals surface area (Å²) in [6, 6.07) is 7.84. The van der Waals surface area contributed by atoms with Crippen molar-refractivity contribution in [3.05, 3.63) is 58.5 Å². The predicted octanol–water partition coefficient (Wildman–Crippen LogP) is 3.92. The molecule has 2 heterocycles. The number of imidazole rings is 1. The predicted molar refractivity (Wildman–Crippen MR) is 129 cm³/mol. The van der Waals surface area contributed by atoms with E-state index in [1.165, 1.54) is 42.5 Å². The average molecular weight is 544 g/mol. The zero-order valence-electron chi connectivity index (χ0n) is 20.0. The highest BCUT2D eigenvalue weighted by atomic mass is 32.2. The van der Waals surface area contributed by atoms with E-state index in [4.69, 9.17) is 0 Å². The first-order valence-corrected chi connectivity index (χ1v) is 13.3. The van der Waals surface area contributed by atoms with Gasteiger partial charge < -0.3 is 10.1 Å². The zero-order valence-corrected chi connectivity index (χ0v) is 20.8. The Morgan fingerprint density at radius 3 is 2.35 bits per heavy atom. The van der Waals surface area contributed by atoms with Crippen molar-refractivity contribution in [3.63, 3.8) is 0 Å². The number of fused-ring (bicyclic) bond motifs is 1. The monoisotopic (exact) mass is 543 g/mol. The van der Waals surface area contributed by atoms with E-state index in [0.717, 1.165) is 16.1 Å². The minimum Gasteiger partial charge on any atom is -0.435 e. The molecule has 3 aromatic rings. The standard InChI is InChI=1S/C24H25F4N3O5S/c1-14(20(25)26)30-19-12-15(21(32)29-24(2)8-10-37(34,35)11-9-24)6-7-18(19)31(23(30)33)16-4-3-5-17(13-16)36-22(27)28/h3-7,12-14,20,22H,8-11H2,1-2H3,(H,29,32). The number of halogens is 4. The van der Waals surface area contributed by atoms with Gasteiger partial charge in [0, 0.05) is 17.2 Å². The first-order chi connectivity index (χ1) is 17.3. The molecule has 1 fully saturated rings. The molecule has 1 unspecified atom stereocenters. The van der Waals surface area contributed by atoms with Crippen molar-refractivity contribution in [2.75, 3.05) is 11.5 Å². The van der Waals surface area contributed by atoms with Crippen LogP contribution in [0.5, 0.6) is 5.75 Å². The summed E-state index contributed by atoms with van der Waals surface area (Å²) in [6.45, 7) is -0.209. The Labute approximate surface area is 209 Å². The first kappa shape index (κ1) is 26.7. The van der Waals surface area contributed by atoms with Gasteiger partial charge in [0.1, 0.15) is 15.6 Å². The van der Waals surface area contributed by atoms with Crippen molar-refractivity contribution in [1.82, 2.24) is 14.5 Å². The lowest BCUT2D eigenvalue weighted by Crippen LogP contribution is -2.50. The van der Waals surface area contributed by atoms with Gasteiger partial charge in [0.15, 0.2) is 0 Å². The number of ether oxygens (including phenoxy) is 1. The van der Waals surface area contributed by atoms with Gasteiger partial charge in [-0.2, -0.15) is 8.78 Å². The minimum absolute atomic E-state index is 0.0435. The number of nitrogens with zero attached hydrogens (tertiary/aromatic N) is 2. The van der Waals surface area contributed by atoms with Crippen LogP contribution in [0.2, 0.25) is 0 Å². The van der Waals surface area contributed by atoms with E-state index in [1.807, 2.05) is 0 Å².